The molecule has 8 nitrogen and oxygen atoms in total. The van der Waals surface area contributed by atoms with Gasteiger partial charge in [-0.3, -0.25) is 9.10 Å². The molecule has 3 aromatic carbocycles. The molecule has 1 aliphatic heterocycles. The van der Waals surface area contributed by atoms with Crippen molar-refractivity contribution in [1.29, 1.82) is 0 Å². The van der Waals surface area contributed by atoms with Crippen molar-refractivity contribution in [3.8, 4) is 17.2 Å². The SMILES string of the molecule is CCOc1ccccc1CCCNC(=O)CN(c1ccc(F)cc1)S(=O)(=O)c1ccc2c(c1)OCCO2. The Bertz CT molecular complexity index is 1330. The fraction of sp³-hybridized carbons (Fsp3) is 0.296. The van der Waals surface area contributed by atoms with Crippen molar-refractivity contribution in [2.24, 2.45) is 0 Å². The molecule has 1 N–H and O–H groups in total. The summed E-state index contributed by atoms with van der Waals surface area (Å²) >= 11 is 0. The van der Waals surface area contributed by atoms with Gasteiger partial charge in [-0.15, -0.1) is 0 Å². The number of fused-ring (bicyclic) bond motifs is 1. The number of hydrogen-bond donors (Lipinski definition) is 1. The molecule has 0 aromatic heterocycles. The van der Waals surface area contributed by atoms with E-state index in [2.05, 4.69) is 5.32 Å². The quantitative estimate of drug-likeness (QED) is 0.379. The van der Waals surface area contributed by atoms with Crippen LogP contribution in [0, 0.1) is 5.82 Å². The Balaban J connectivity index is 1.46. The van der Waals surface area contributed by atoms with Gasteiger partial charge in [0.15, 0.2) is 11.5 Å². The number of hydrogen-bond acceptors (Lipinski definition) is 6. The van der Waals surface area contributed by atoms with Crippen LogP contribution in [0.25, 0.3) is 0 Å². The van der Waals surface area contributed by atoms with Gasteiger partial charge in [-0.05, 0) is 67.8 Å². The molecule has 0 bridgehead atoms. The number of carbonyl (C=O) groups is 1. The van der Waals surface area contributed by atoms with Gasteiger partial charge in [0, 0.05) is 12.6 Å². The summed E-state index contributed by atoms with van der Waals surface area (Å²) < 4.78 is 58.3. The minimum Gasteiger partial charge on any atom is -0.494 e. The van der Waals surface area contributed by atoms with E-state index in [-0.39, 0.29) is 10.6 Å². The van der Waals surface area contributed by atoms with Gasteiger partial charge >= 0.3 is 0 Å². The number of nitrogens with one attached hydrogen (secondary N) is 1. The molecule has 0 unspecified atom stereocenters. The average molecular weight is 529 g/mol. The Morgan fingerprint density at radius 2 is 1.76 bits per heavy atom. The van der Waals surface area contributed by atoms with E-state index in [1.807, 2.05) is 31.2 Å². The van der Waals surface area contributed by atoms with E-state index in [4.69, 9.17) is 14.2 Å². The third-order valence-corrected chi connectivity index (χ3v) is 7.49. The zero-order chi connectivity index (χ0) is 26.3. The first-order valence-corrected chi connectivity index (χ1v) is 13.5. The number of halogens is 1. The highest BCUT2D eigenvalue weighted by molar-refractivity contribution is 7.92. The number of nitrogens with zero attached hydrogens (tertiary/aromatic N) is 1. The summed E-state index contributed by atoms with van der Waals surface area (Å²) in [7, 11) is -4.18. The smallest absolute Gasteiger partial charge is 0.264 e. The highest BCUT2D eigenvalue weighted by Gasteiger charge is 2.29. The first-order chi connectivity index (χ1) is 17.9. The molecule has 3 aromatic rings. The number of ether oxygens (including phenoxy) is 3. The van der Waals surface area contributed by atoms with Gasteiger partial charge in [0.05, 0.1) is 17.2 Å². The van der Waals surface area contributed by atoms with E-state index >= 15 is 0 Å². The molecule has 1 amide bonds. The lowest BCUT2D eigenvalue weighted by Crippen LogP contribution is -2.41. The van der Waals surface area contributed by atoms with Crippen LogP contribution in [0.1, 0.15) is 18.9 Å². The summed E-state index contributed by atoms with van der Waals surface area (Å²) in [5.74, 6) is 0.565. The monoisotopic (exact) mass is 528 g/mol. The Labute approximate surface area is 216 Å². The lowest BCUT2D eigenvalue weighted by molar-refractivity contribution is -0.119. The topological polar surface area (TPSA) is 94.2 Å². The number of rotatable bonds is 11. The van der Waals surface area contributed by atoms with Gasteiger partial charge in [0.1, 0.15) is 31.3 Å². The second-order valence-corrected chi connectivity index (χ2v) is 10.2. The Hall–Kier alpha value is -3.79. The normalized spacial score (nSPS) is 12.6. The molecule has 37 heavy (non-hydrogen) atoms. The molecule has 0 radical (unpaired) electrons. The van der Waals surface area contributed by atoms with Crippen molar-refractivity contribution in [1.82, 2.24) is 5.32 Å². The molecule has 0 spiro atoms. The average Bonchev–Trinajstić information content (AvgIpc) is 2.91. The second kappa shape index (κ2) is 12.0. The van der Waals surface area contributed by atoms with Crippen LogP contribution < -0.4 is 23.8 Å². The molecular weight excluding hydrogens is 499 g/mol. The van der Waals surface area contributed by atoms with Gasteiger partial charge < -0.3 is 19.5 Å². The summed E-state index contributed by atoms with van der Waals surface area (Å²) in [5.41, 5.74) is 1.20. The summed E-state index contributed by atoms with van der Waals surface area (Å²) in [4.78, 5) is 12.8. The van der Waals surface area contributed by atoms with E-state index in [1.54, 1.807) is 0 Å². The molecule has 4 rings (SSSR count). The van der Waals surface area contributed by atoms with Crippen LogP contribution >= 0.6 is 0 Å². The molecule has 0 saturated heterocycles. The Morgan fingerprint density at radius 3 is 2.51 bits per heavy atom. The van der Waals surface area contributed by atoms with Gasteiger partial charge in [-0.2, -0.15) is 0 Å². The number of amides is 1. The zero-order valence-electron chi connectivity index (χ0n) is 20.5. The fourth-order valence-electron chi connectivity index (χ4n) is 3.93. The van der Waals surface area contributed by atoms with Crippen LogP contribution in [0.15, 0.2) is 71.6 Å². The van der Waals surface area contributed by atoms with E-state index in [9.17, 15) is 17.6 Å². The molecule has 1 heterocycles. The number of sulfonamides is 1. The molecule has 10 heteroatoms. The summed E-state index contributed by atoms with van der Waals surface area (Å²) in [6.45, 7) is 3.03. The van der Waals surface area contributed by atoms with E-state index in [0.717, 1.165) is 27.8 Å². The van der Waals surface area contributed by atoms with E-state index in [1.165, 1.54) is 30.3 Å². The highest BCUT2D eigenvalue weighted by Crippen LogP contribution is 2.34. The first-order valence-electron chi connectivity index (χ1n) is 12.0. The third kappa shape index (κ3) is 6.51. The second-order valence-electron chi connectivity index (χ2n) is 8.29. The number of carbonyl (C=O) groups excluding carboxylic acids is 1. The van der Waals surface area contributed by atoms with Crippen LogP contribution in [-0.2, 0) is 21.2 Å². The maximum absolute atomic E-state index is 13.6. The lowest BCUT2D eigenvalue weighted by Gasteiger charge is -2.25. The van der Waals surface area contributed by atoms with Crippen molar-refractivity contribution >= 4 is 21.6 Å². The van der Waals surface area contributed by atoms with E-state index < -0.39 is 28.3 Å². The maximum Gasteiger partial charge on any atom is 0.264 e. The van der Waals surface area contributed by atoms with Gasteiger partial charge in [0.2, 0.25) is 5.91 Å². The van der Waals surface area contributed by atoms with Crippen molar-refractivity contribution in [3.63, 3.8) is 0 Å². The van der Waals surface area contributed by atoms with Gasteiger partial charge in [-0.1, -0.05) is 18.2 Å². The summed E-state index contributed by atoms with van der Waals surface area (Å²) in [6, 6.07) is 16.9. The third-order valence-electron chi connectivity index (χ3n) is 5.72. The number of aryl methyl sites for hydroxylation is 1. The number of para-hydroxylation sites is 1. The fourth-order valence-corrected chi connectivity index (χ4v) is 5.37. The molecule has 0 fully saturated rings. The summed E-state index contributed by atoms with van der Waals surface area (Å²) in [6.07, 6.45) is 1.33. The number of benzene rings is 3. The minimum atomic E-state index is -4.18. The van der Waals surface area contributed by atoms with Crippen LogP contribution in [0.2, 0.25) is 0 Å². The maximum atomic E-state index is 13.6. The molecule has 1 aliphatic rings. The van der Waals surface area contributed by atoms with Crippen LogP contribution in [0.3, 0.4) is 0 Å². The largest absolute Gasteiger partial charge is 0.494 e. The Morgan fingerprint density at radius 1 is 1.03 bits per heavy atom. The zero-order valence-corrected chi connectivity index (χ0v) is 21.3. The molecule has 0 atom stereocenters. The van der Waals surface area contributed by atoms with Crippen molar-refractivity contribution < 1.29 is 31.8 Å². The van der Waals surface area contributed by atoms with Crippen molar-refractivity contribution in [2.45, 2.75) is 24.7 Å². The summed E-state index contributed by atoms with van der Waals surface area (Å²) in [5, 5.41) is 2.78. The molecule has 196 valence electrons. The lowest BCUT2D eigenvalue weighted by atomic mass is 10.1. The predicted molar refractivity (Wildman–Crippen MR) is 137 cm³/mol. The van der Waals surface area contributed by atoms with Crippen molar-refractivity contribution in [2.75, 3.05) is 37.2 Å². The van der Waals surface area contributed by atoms with Crippen LogP contribution in [0.4, 0.5) is 10.1 Å². The molecule has 0 saturated carbocycles. The van der Waals surface area contributed by atoms with Crippen LogP contribution in [-0.4, -0.2) is 47.2 Å². The van der Waals surface area contributed by atoms with Crippen molar-refractivity contribution in [3.05, 3.63) is 78.1 Å². The van der Waals surface area contributed by atoms with Crippen LogP contribution in [0.5, 0.6) is 17.2 Å². The predicted octanol–water partition coefficient (Wildman–Crippen LogP) is 3.94. The standard InChI is InChI=1S/C27H29FN2O6S/c1-2-34-24-8-4-3-6-20(24)7-5-15-29-27(31)19-30(22-11-9-21(28)10-12-22)37(32,33)23-13-14-25-26(18-23)36-17-16-35-25/h3-4,6,8-14,18H,2,5,7,15-17,19H2,1H3,(H,29,31). The van der Waals surface area contributed by atoms with Gasteiger partial charge in [-0.25, -0.2) is 12.8 Å². The molecule has 0 aliphatic carbocycles. The molecular formula is C27H29FN2O6S. The Kier molecular flexibility index (Phi) is 8.50. The number of anilines is 1. The van der Waals surface area contributed by atoms with E-state index in [0.29, 0.717) is 50.7 Å². The highest BCUT2D eigenvalue weighted by atomic mass is 32.2. The van der Waals surface area contributed by atoms with Gasteiger partial charge in [0.25, 0.3) is 10.0 Å². The minimum absolute atomic E-state index is 0.0681. The first kappa shape index (κ1) is 26.3.